The summed E-state index contributed by atoms with van der Waals surface area (Å²) in [4.78, 5) is 0. The third-order valence-corrected chi connectivity index (χ3v) is 7.42. The predicted octanol–water partition coefficient (Wildman–Crippen LogP) is 11.5. The summed E-state index contributed by atoms with van der Waals surface area (Å²) in [6.07, 6.45) is 37.9. The number of hydrogen-bond donors (Lipinski definition) is 1. The van der Waals surface area contributed by atoms with Crippen LogP contribution in [0.3, 0.4) is 0 Å². The van der Waals surface area contributed by atoms with E-state index in [1.165, 1.54) is 172 Å². The van der Waals surface area contributed by atoms with Gasteiger partial charge in [-0.1, -0.05) is 170 Å². The van der Waals surface area contributed by atoms with Gasteiger partial charge in [0.15, 0.2) is 0 Å². The van der Waals surface area contributed by atoms with E-state index in [0.717, 1.165) is 5.75 Å². The molecule has 0 bridgehead atoms. The van der Waals surface area contributed by atoms with Crippen LogP contribution in [0, 0.1) is 0 Å². The zero-order valence-corrected chi connectivity index (χ0v) is 23.1. The molecule has 0 aromatic carbocycles. The van der Waals surface area contributed by atoms with Gasteiger partial charge in [0.25, 0.3) is 0 Å². The van der Waals surface area contributed by atoms with Crippen molar-refractivity contribution in [2.24, 2.45) is 0 Å². The van der Waals surface area contributed by atoms with Crippen molar-refractivity contribution in [1.29, 1.82) is 0 Å². The molecule has 0 atom stereocenters. The topological polar surface area (TPSA) is 0 Å². The minimum atomic E-state index is 1.07. The van der Waals surface area contributed by atoms with E-state index in [2.05, 4.69) is 28.6 Å². The van der Waals surface area contributed by atoms with Gasteiger partial charge in [-0.3, -0.25) is 0 Å². The van der Waals surface area contributed by atoms with E-state index in [4.69, 9.17) is 0 Å². The minimum absolute atomic E-state index is 1.07. The molecule has 0 radical (unpaired) electrons. The van der Waals surface area contributed by atoms with Gasteiger partial charge >= 0.3 is 0 Å². The molecule has 0 fully saturated rings. The van der Waals surface area contributed by atoms with E-state index in [9.17, 15) is 0 Å². The van der Waals surface area contributed by atoms with Crippen molar-refractivity contribution in [3.8, 4) is 0 Å². The molecular formula is C28H57BrS. The molecule has 0 aliphatic rings. The van der Waals surface area contributed by atoms with Gasteiger partial charge in [0.05, 0.1) is 0 Å². The molecule has 0 amide bonds. The lowest BCUT2D eigenvalue weighted by atomic mass is 10.0. The first-order chi connectivity index (χ1) is 14.9. The third kappa shape index (κ3) is 28.8. The SMILES string of the molecule is SCCCCCCCCCCCCCCCCCCCCCCCCCCCCBr. The first-order valence-electron chi connectivity index (χ1n) is 14.1. The predicted molar refractivity (Wildman–Crippen MR) is 148 cm³/mol. The summed E-state index contributed by atoms with van der Waals surface area (Å²) in [6, 6.07) is 0. The maximum absolute atomic E-state index is 4.28. The van der Waals surface area contributed by atoms with Crippen LogP contribution in [0.5, 0.6) is 0 Å². The van der Waals surface area contributed by atoms with E-state index in [-0.39, 0.29) is 0 Å². The molecule has 0 unspecified atom stereocenters. The highest BCUT2D eigenvalue weighted by Gasteiger charge is 1.96. The van der Waals surface area contributed by atoms with Crippen molar-refractivity contribution < 1.29 is 0 Å². The molecule has 30 heavy (non-hydrogen) atoms. The van der Waals surface area contributed by atoms with E-state index in [1.54, 1.807) is 0 Å². The normalized spacial score (nSPS) is 11.4. The Hall–Kier alpha value is 0.830. The molecule has 0 aliphatic heterocycles. The highest BCUT2D eigenvalue weighted by atomic mass is 79.9. The second-order valence-corrected chi connectivity index (χ2v) is 10.8. The number of unbranched alkanes of at least 4 members (excludes halogenated alkanes) is 25. The summed E-state index contributed by atoms with van der Waals surface area (Å²) in [5.74, 6) is 1.07. The van der Waals surface area contributed by atoms with Crippen molar-refractivity contribution >= 4 is 28.6 Å². The Morgan fingerprint density at radius 3 is 0.600 bits per heavy atom. The van der Waals surface area contributed by atoms with Gasteiger partial charge in [-0.15, -0.1) is 0 Å². The molecule has 0 aromatic rings. The molecule has 0 nitrogen and oxygen atoms in total. The van der Waals surface area contributed by atoms with Crippen LogP contribution in [0.4, 0.5) is 0 Å². The maximum Gasteiger partial charge on any atom is 0.00313 e. The van der Waals surface area contributed by atoms with Gasteiger partial charge in [-0.05, 0) is 18.6 Å². The molecule has 0 N–H and O–H groups in total. The first kappa shape index (κ1) is 30.8. The average Bonchev–Trinajstić information content (AvgIpc) is 2.76. The Balaban J connectivity index is 2.97. The maximum atomic E-state index is 4.28. The standard InChI is InChI=1S/C28H57BrS/c29-27-25-23-21-19-17-15-13-11-9-7-5-3-1-2-4-6-8-10-12-14-16-18-20-22-24-26-28-30/h30H,1-28H2. The smallest absolute Gasteiger partial charge is 0.00313 e. The summed E-state index contributed by atoms with van der Waals surface area (Å²) < 4.78 is 0. The van der Waals surface area contributed by atoms with Crippen LogP contribution in [0.25, 0.3) is 0 Å². The Kier molecular flexibility index (Phi) is 30.7. The van der Waals surface area contributed by atoms with Crippen LogP contribution in [0.2, 0.25) is 0 Å². The van der Waals surface area contributed by atoms with Crippen molar-refractivity contribution in [3.05, 3.63) is 0 Å². The van der Waals surface area contributed by atoms with E-state index >= 15 is 0 Å². The Bertz CT molecular complexity index is 254. The minimum Gasteiger partial charge on any atom is -0.179 e. The summed E-state index contributed by atoms with van der Waals surface area (Å²) in [6.45, 7) is 0. The lowest BCUT2D eigenvalue weighted by Crippen LogP contribution is -1.85. The van der Waals surface area contributed by atoms with Gasteiger partial charge in [-0.2, -0.15) is 12.6 Å². The van der Waals surface area contributed by atoms with Crippen molar-refractivity contribution in [3.63, 3.8) is 0 Å². The lowest BCUT2D eigenvalue weighted by Gasteiger charge is -2.04. The molecule has 0 spiro atoms. The van der Waals surface area contributed by atoms with E-state index in [0.29, 0.717) is 0 Å². The number of thiol groups is 1. The van der Waals surface area contributed by atoms with Crippen LogP contribution in [0.1, 0.15) is 167 Å². The number of rotatable bonds is 27. The molecule has 0 heterocycles. The van der Waals surface area contributed by atoms with Crippen LogP contribution >= 0.6 is 28.6 Å². The summed E-state index contributed by atoms with van der Waals surface area (Å²) in [7, 11) is 0. The number of alkyl halides is 1. The molecular weight excluding hydrogens is 448 g/mol. The molecule has 0 saturated carbocycles. The Morgan fingerprint density at radius 1 is 0.267 bits per heavy atom. The summed E-state index contributed by atoms with van der Waals surface area (Å²) in [5.41, 5.74) is 0. The van der Waals surface area contributed by atoms with Crippen molar-refractivity contribution in [1.82, 2.24) is 0 Å². The monoisotopic (exact) mass is 504 g/mol. The molecule has 0 saturated heterocycles. The Labute approximate surface area is 206 Å². The second-order valence-electron chi connectivity index (χ2n) is 9.60. The second kappa shape index (κ2) is 29.8. The quantitative estimate of drug-likeness (QED) is 0.0640. The lowest BCUT2D eigenvalue weighted by molar-refractivity contribution is 0.516. The van der Waals surface area contributed by atoms with E-state index in [1.807, 2.05) is 0 Å². The van der Waals surface area contributed by atoms with E-state index < -0.39 is 0 Å². The fraction of sp³-hybridized carbons (Fsp3) is 1.00. The summed E-state index contributed by atoms with van der Waals surface area (Å²) >= 11 is 7.79. The van der Waals surface area contributed by atoms with Crippen LogP contribution in [0.15, 0.2) is 0 Å². The van der Waals surface area contributed by atoms with Crippen LogP contribution < -0.4 is 0 Å². The van der Waals surface area contributed by atoms with Crippen molar-refractivity contribution in [2.75, 3.05) is 11.1 Å². The largest absolute Gasteiger partial charge is 0.179 e. The van der Waals surface area contributed by atoms with Gasteiger partial charge in [0.2, 0.25) is 0 Å². The molecule has 2 heteroatoms. The van der Waals surface area contributed by atoms with Crippen LogP contribution in [-0.4, -0.2) is 11.1 Å². The van der Waals surface area contributed by atoms with Crippen molar-refractivity contribution in [2.45, 2.75) is 167 Å². The average molecular weight is 506 g/mol. The van der Waals surface area contributed by atoms with Gasteiger partial charge in [0.1, 0.15) is 0 Å². The number of halogens is 1. The zero-order chi connectivity index (χ0) is 21.8. The first-order valence-corrected chi connectivity index (χ1v) is 15.8. The molecule has 0 aliphatic carbocycles. The van der Waals surface area contributed by atoms with Gasteiger partial charge in [-0.25, -0.2) is 0 Å². The fourth-order valence-corrected chi connectivity index (χ4v) is 5.07. The van der Waals surface area contributed by atoms with Crippen LogP contribution in [-0.2, 0) is 0 Å². The molecule has 0 rings (SSSR count). The Morgan fingerprint density at radius 2 is 0.433 bits per heavy atom. The fourth-order valence-electron chi connectivity index (χ4n) is 4.45. The highest BCUT2D eigenvalue weighted by molar-refractivity contribution is 9.09. The molecule has 182 valence electrons. The zero-order valence-electron chi connectivity index (χ0n) is 20.6. The molecule has 0 aromatic heterocycles. The number of hydrogen-bond acceptors (Lipinski definition) is 1. The highest BCUT2D eigenvalue weighted by Crippen LogP contribution is 2.16. The summed E-state index contributed by atoms with van der Waals surface area (Å²) in [5, 5.41) is 1.19. The van der Waals surface area contributed by atoms with Gasteiger partial charge < -0.3 is 0 Å². The van der Waals surface area contributed by atoms with Gasteiger partial charge in [0, 0.05) is 5.33 Å². The third-order valence-electron chi connectivity index (χ3n) is 6.54.